The summed E-state index contributed by atoms with van der Waals surface area (Å²) >= 11 is 0. The predicted octanol–water partition coefficient (Wildman–Crippen LogP) is 1.38. The van der Waals surface area contributed by atoms with Gasteiger partial charge in [-0.25, -0.2) is 0 Å². The average molecular weight is 306 g/mol. The molecule has 0 radical (unpaired) electrons. The lowest BCUT2D eigenvalue weighted by molar-refractivity contribution is 0.0512. The number of nitrogens with zero attached hydrogens (tertiary/aromatic N) is 1. The fourth-order valence-corrected chi connectivity index (χ4v) is 3.39. The van der Waals surface area contributed by atoms with E-state index in [1.165, 1.54) is 19.3 Å². The Morgan fingerprint density at radius 1 is 1.45 bits per heavy atom. The molecule has 1 aromatic heterocycles. The zero-order chi connectivity index (χ0) is 15.4. The van der Waals surface area contributed by atoms with E-state index in [0.717, 1.165) is 56.9 Å². The van der Waals surface area contributed by atoms with Crippen LogP contribution in [0.2, 0.25) is 0 Å². The van der Waals surface area contributed by atoms with Gasteiger partial charge >= 0.3 is 0 Å². The second kappa shape index (κ2) is 6.79. The highest BCUT2D eigenvalue weighted by Crippen LogP contribution is 2.43. The number of carbonyl (C=O) groups excluding carboxylic acids is 1. The fourth-order valence-electron chi connectivity index (χ4n) is 3.39. The standard InChI is InChI=1S/C16H26N4O2/c1-2-22-9-7-16(5-3-6-16)11-18-15(21)14-12-10-17-8-4-13(12)19-20-14/h17H,2-11H2,1H3,(H,18,21)(H,19,20). The van der Waals surface area contributed by atoms with Crippen LogP contribution in [0, 0.1) is 5.41 Å². The van der Waals surface area contributed by atoms with Crippen LogP contribution in [0.4, 0.5) is 0 Å². The number of hydrogen-bond donors (Lipinski definition) is 3. The molecule has 0 atom stereocenters. The van der Waals surface area contributed by atoms with Crippen molar-refractivity contribution < 1.29 is 9.53 Å². The molecule has 0 unspecified atom stereocenters. The molecule has 0 saturated heterocycles. The van der Waals surface area contributed by atoms with E-state index in [9.17, 15) is 4.79 Å². The van der Waals surface area contributed by atoms with Crippen molar-refractivity contribution in [2.45, 2.75) is 45.6 Å². The molecule has 1 aliphatic carbocycles. The Morgan fingerprint density at radius 3 is 3.05 bits per heavy atom. The first-order valence-electron chi connectivity index (χ1n) is 8.37. The average Bonchev–Trinajstić information content (AvgIpc) is 2.93. The third-order valence-electron chi connectivity index (χ3n) is 5.04. The number of fused-ring (bicyclic) bond motifs is 1. The summed E-state index contributed by atoms with van der Waals surface area (Å²) in [4.78, 5) is 12.4. The highest BCUT2D eigenvalue weighted by atomic mass is 16.5. The SMILES string of the molecule is CCOCCC1(CNC(=O)c2n[nH]c3c2CNCC3)CCC1. The van der Waals surface area contributed by atoms with E-state index in [-0.39, 0.29) is 11.3 Å². The van der Waals surface area contributed by atoms with Crippen LogP contribution in [0.25, 0.3) is 0 Å². The molecule has 2 aliphatic rings. The topological polar surface area (TPSA) is 79.0 Å². The van der Waals surface area contributed by atoms with Gasteiger partial charge in [0.05, 0.1) is 0 Å². The molecule has 1 saturated carbocycles. The lowest BCUT2D eigenvalue weighted by Gasteiger charge is -2.42. The van der Waals surface area contributed by atoms with E-state index in [4.69, 9.17) is 4.74 Å². The molecule has 1 amide bonds. The Labute approximate surface area is 131 Å². The van der Waals surface area contributed by atoms with Gasteiger partial charge in [-0.2, -0.15) is 5.10 Å². The van der Waals surface area contributed by atoms with Crippen molar-refractivity contribution in [1.82, 2.24) is 20.8 Å². The second-order valence-corrected chi connectivity index (χ2v) is 6.44. The molecule has 22 heavy (non-hydrogen) atoms. The zero-order valence-electron chi connectivity index (χ0n) is 13.3. The third kappa shape index (κ3) is 3.17. The number of aromatic amines is 1. The number of carbonyl (C=O) groups is 1. The summed E-state index contributed by atoms with van der Waals surface area (Å²) < 4.78 is 5.48. The Balaban J connectivity index is 1.56. The Morgan fingerprint density at radius 2 is 2.32 bits per heavy atom. The Kier molecular flexibility index (Phi) is 4.78. The van der Waals surface area contributed by atoms with Crippen LogP contribution in [-0.4, -0.2) is 42.4 Å². The summed E-state index contributed by atoms with van der Waals surface area (Å²) in [5.41, 5.74) is 2.92. The maximum Gasteiger partial charge on any atom is 0.272 e. The van der Waals surface area contributed by atoms with Crippen LogP contribution < -0.4 is 10.6 Å². The van der Waals surface area contributed by atoms with Crippen molar-refractivity contribution in [3.8, 4) is 0 Å². The minimum atomic E-state index is -0.0520. The minimum absolute atomic E-state index is 0.0520. The van der Waals surface area contributed by atoms with Gasteiger partial charge in [-0.05, 0) is 31.6 Å². The first-order valence-corrected chi connectivity index (χ1v) is 8.37. The molecule has 6 nitrogen and oxygen atoms in total. The number of nitrogens with one attached hydrogen (secondary N) is 3. The van der Waals surface area contributed by atoms with E-state index in [2.05, 4.69) is 20.8 Å². The molecular formula is C16H26N4O2. The van der Waals surface area contributed by atoms with Crippen LogP contribution in [0.3, 0.4) is 0 Å². The van der Waals surface area contributed by atoms with Gasteiger partial charge in [0, 0.05) is 50.5 Å². The van der Waals surface area contributed by atoms with Crippen LogP contribution in [0.5, 0.6) is 0 Å². The summed E-state index contributed by atoms with van der Waals surface area (Å²) in [6.07, 6.45) is 5.56. The lowest BCUT2D eigenvalue weighted by atomic mass is 9.66. The monoisotopic (exact) mass is 306 g/mol. The summed E-state index contributed by atoms with van der Waals surface area (Å²) in [7, 11) is 0. The van der Waals surface area contributed by atoms with E-state index in [0.29, 0.717) is 5.69 Å². The molecule has 6 heteroatoms. The highest BCUT2D eigenvalue weighted by molar-refractivity contribution is 5.94. The summed E-state index contributed by atoms with van der Waals surface area (Å²) in [5, 5.41) is 13.6. The molecule has 0 spiro atoms. The molecule has 2 heterocycles. The van der Waals surface area contributed by atoms with Gasteiger partial charge in [-0.1, -0.05) is 6.42 Å². The lowest BCUT2D eigenvalue weighted by Crippen LogP contribution is -2.43. The smallest absolute Gasteiger partial charge is 0.272 e. The van der Waals surface area contributed by atoms with Gasteiger partial charge in [0.1, 0.15) is 0 Å². The van der Waals surface area contributed by atoms with Crippen LogP contribution in [-0.2, 0) is 17.7 Å². The van der Waals surface area contributed by atoms with Gasteiger partial charge in [0.25, 0.3) is 5.91 Å². The van der Waals surface area contributed by atoms with Crippen LogP contribution in [0.15, 0.2) is 0 Å². The van der Waals surface area contributed by atoms with E-state index < -0.39 is 0 Å². The highest BCUT2D eigenvalue weighted by Gasteiger charge is 2.37. The number of aromatic nitrogens is 2. The molecule has 1 aliphatic heterocycles. The number of amides is 1. The normalized spacial score (nSPS) is 19.3. The molecule has 1 aromatic rings. The fraction of sp³-hybridized carbons (Fsp3) is 0.750. The molecular weight excluding hydrogens is 280 g/mol. The molecule has 3 rings (SSSR count). The van der Waals surface area contributed by atoms with E-state index in [1.54, 1.807) is 0 Å². The van der Waals surface area contributed by atoms with Crippen molar-refractivity contribution in [2.75, 3.05) is 26.3 Å². The molecule has 122 valence electrons. The molecule has 0 bridgehead atoms. The summed E-state index contributed by atoms with van der Waals surface area (Å²) in [6.45, 7) is 5.96. The van der Waals surface area contributed by atoms with Crippen molar-refractivity contribution in [1.29, 1.82) is 0 Å². The summed E-state index contributed by atoms with van der Waals surface area (Å²) in [5.74, 6) is -0.0520. The number of H-pyrrole nitrogens is 1. The van der Waals surface area contributed by atoms with Crippen molar-refractivity contribution in [2.24, 2.45) is 5.41 Å². The largest absolute Gasteiger partial charge is 0.382 e. The minimum Gasteiger partial charge on any atom is -0.382 e. The quantitative estimate of drug-likeness (QED) is 0.665. The van der Waals surface area contributed by atoms with Gasteiger partial charge < -0.3 is 15.4 Å². The van der Waals surface area contributed by atoms with E-state index in [1.807, 2.05) is 6.92 Å². The maximum absolute atomic E-state index is 12.4. The van der Waals surface area contributed by atoms with Gasteiger partial charge in [-0.3, -0.25) is 9.89 Å². The number of hydrogen-bond acceptors (Lipinski definition) is 4. The number of rotatable bonds is 7. The molecule has 3 N–H and O–H groups in total. The van der Waals surface area contributed by atoms with Gasteiger partial charge in [0.15, 0.2) is 5.69 Å². The molecule has 0 aromatic carbocycles. The second-order valence-electron chi connectivity index (χ2n) is 6.44. The first-order chi connectivity index (χ1) is 10.7. The van der Waals surface area contributed by atoms with Crippen molar-refractivity contribution in [3.05, 3.63) is 17.0 Å². The predicted molar refractivity (Wildman–Crippen MR) is 83.7 cm³/mol. The maximum atomic E-state index is 12.4. The first kappa shape index (κ1) is 15.5. The van der Waals surface area contributed by atoms with Crippen molar-refractivity contribution >= 4 is 5.91 Å². The van der Waals surface area contributed by atoms with Crippen molar-refractivity contribution in [3.63, 3.8) is 0 Å². The Bertz CT molecular complexity index is 522. The van der Waals surface area contributed by atoms with E-state index >= 15 is 0 Å². The zero-order valence-corrected chi connectivity index (χ0v) is 13.3. The summed E-state index contributed by atoms with van der Waals surface area (Å²) in [6, 6.07) is 0. The van der Waals surface area contributed by atoms with Gasteiger partial charge in [-0.15, -0.1) is 0 Å². The van der Waals surface area contributed by atoms with Crippen LogP contribution in [0.1, 0.15) is 54.4 Å². The molecule has 1 fully saturated rings. The third-order valence-corrected chi connectivity index (χ3v) is 5.04. The van der Waals surface area contributed by atoms with Crippen LogP contribution >= 0.6 is 0 Å². The van der Waals surface area contributed by atoms with Gasteiger partial charge in [0.2, 0.25) is 0 Å². The Hall–Kier alpha value is -1.40. The number of ether oxygens (including phenoxy) is 1.